The van der Waals surface area contributed by atoms with Crippen LogP contribution in [0.25, 0.3) is 0 Å². The molecule has 18 heavy (non-hydrogen) atoms. The van der Waals surface area contributed by atoms with Crippen LogP contribution in [0.2, 0.25) is 0 Å². The van der Waals surface area contributed by atoms with Gasteiger partial charge in [-0.3, -0.25) is 0 Å². The van der Waals surface area contributed by atoms with Crippen LogP contribution < -0.4 is 15.4 Å². The van der Waals surface area contributed by atoms with Crippen molar-refractivity contribution in [2.24, 2.45) is 0 Å². The molecule has 0 aliphatic heterocycles. The lowest BCUT2D eigenvalue weighted by Crippen LogP contribution is -2.36. The van der Waals surface area contributed by atoms with Gasteiger partial charge in [0.1, 0.15) is 12.3 Å². The van der Waals surface area contributed by atoms with Crippen molar-refractivity contribution >= 4 is 11.4 Å². The Balaban J connectivity index is 3.05. The average molecular weight is 264 g/mol. The highest BCUT2D eigenvalue weighted by molar-refractivity contribution is 5.74. The molecule has 0 aromatic heterocycles. The van der Waals surface area contributed by atoms with E-state index in [4.69, 9.17) is 15.6 Å². The Morgan fingerprint density at radius 3 is 2.56 bits per heavy atom. The van der Waals surface area contributed by atoms with Crippen LogP contribution in [0.4, 0.5) is 24.5 Å². The molecule has 1 rings (SSSR count). The summed E-state index contributed by atoms with van der Waals surface area (Å²) in [5, 5.41) is 8.83. The smallest absolute Gasteiger partial charge is 0.405 e. The van der Waals surface area contributed by atoms with Crippen LogP contribution in [0.1, 0.15) is 0 Å². The maximum Gasteiger partial charge on any atom is 0.405 e. The van der Waals surface area contributed by atoms with E-state index in [1.54, 1.807) is 12.1 Å². The van der Waals surface area contributed by atoms with Gasteiger partial charge >= 0.3 is 6.18 Å². The highest BCUT2D eigenvalue weighted by Gasteiger charge is 2.31. The van der Waals surface area contributed by atoms with Crippen molar-refractivity contribution in [3.05, 3.63) is 18.2 Å². The van der Waals surface area contributed by atoms with Crippen LogP contribution in [-0.2, 0) is 0 Å². The van der Waals surface area contributed by atoms with Gasteiger partial charge in [0.15, 0.2) is 0 Å². The van der Waals surface area contributed by atoms with Gasteiger partial charge in [-0.05, 0) is 12.1 Å². The molecular formula is C11H15F3N2O2. The standard InChI is InChI=1S/C11H15F3N2O2/c1-18-9-4-2-3-8(10(9)15)16(5-6-17)7-11(12,13)14/h2-4,17H,5-7,15H2,1H3. The van der Waals surface area contributed by atoms with Gasteiger partial charge in [-0.2, -0.15) is 13.2 Å². The molecule has 0 unspecified atom stereocenters. The molecule has 0 atom stereocenters. The molecule has 0 saturated carbocycles. The normalized spacial score (nSPS) is 11.4. The molecular weight excluding hydrogens is 249 g/mol. The number of hydrogen-bond acceptors (Lipinski definition) is 4. The molecule has 4 nitrogen and oxygen atoms in total. The Labute approximate surface area is 103 Å². The zero-order valence-corrected chi connectivity index (χ0v) is 9.87. The number of ether oxygens (including phenoxy) is 1. The predicted octanol–water partition coefficient (Wildman–Crippen LogP) is 1.64. The fourth-order valence-corrected chi connectivity index (χ4v) is 1.61. The molecule has 0 aliphatic carbocycles. The van der Waals surface area contributed by atoms with Gasteiger partial charge in [0.05, 0.1) is 25.1 Å². The SMILES string of the molecule is COc1cccc(N(CCO)CC(F)(F)F)c1N. The summed E-state index contributed by atoms with van der Waals surface area (Å²) in [6.07, 6.45) is -4.37. The molecule has 7 heteroatoms. The summed E-state index contributed by atoms with van der Waals surface area (Å²) in [5.74, 6) is 0.303. The molecule has 102 valence electrons. The van der Waals surface area contributed by atoms with Crippen molar-refractivity contribution in [3.63, 3.8) is 0 Å². The molecule has 0 fully saturated rings. The Morgan fingerprint density at radius 2 is 2.06 bits per heavy atom. The fourth-order valence-electron chi connectivity index (χ4n) is 1.61. The molecule has 0 heterocycles. The third-order valence-electron chi connectivity index (χ3n) is 2.34. The second-order valence-corrected chi connectivity index (χ2v) is 3.65. The van der Waals surface area contributed by atoms with Gasteiger partial charge in [0.2, 0.25) is 0 Å². The molecule has 1 aromatic rings. The van der Waals surface area contributed by atoms with E-state index in [9.17, 15) is 13.2 Å². The molecule has 0 spiro atoms. The van der Waals surface area contributed by atoms with E-state index in [2.05, 4.69) is 0 Å². The van der Waals surface area contributed by atoms with Gasteiger partial charge in [0.25, 0.3) is 0 Å². The van der Waals surface area contributed by atoms with E-state index in [0.717, 1.165) is 4.90 Å². The lowest BCUT2D eigenvalue weighted by Gasteiger charge is -2.26. The van der Waals surface area contributed by atoms with E-state index in [0.29, 0.717) is 5.75 Å². The number of anilines is 2. The lowest BCUT2D eigenvalue weighted by molar-refractivity contribution is -0.119. The van der Waals surface area contributed by atoms with Gasteiger partial charge in [-0.25, -0.2) is 0 Å². The number of alkyl halides is 3. The van der Waals surface area contributed by atoms with Crippen LogP contribution in [0.15, 0.2) is 18.2 Å². The Hall–Kier alpha value is -1.63. The summed E-state index contributed by atoms with van der Waals surface area (Å²) in [5.41, 5.74) is 6.05. The Kier molecular flexibility index (Phi) is 4.66. The van der Waals surface area contributed by atoms with Crippen molar-refractivity contribution in [2.75, 3.05) is 37.4 Å². The number of nitrogens with two attached hydrogens (primary N) is 1. The first kappa shape index (κ1) is 14.4. The van der Waals surface area contributed by atoms with E-state index >= 15 is 0 Å². The van der Waals surface area contributed by atoms with Gasteiger partial charge in [-0.15, -0.1) is 0 Å². The third kappa shape index (κ3) is 3.69. The first-order chi connectivity index (χ1) is 8.39. The van der Waals surface area contributed by atoms with E-state index < -0.39 is 19.3 Å². The highest BCUT2D eigenvalue weighted by atomic mass is 19.4. The molecule has 0 radical (unpaired) electrons. The van der Waals surface area contributed by atoms with E-state index in [1.807, 2.05) is 0 Å². The summed E-state index contributed by atoms with van der Waals surface area (Å²) < 4.78 is 42.2. The lowest BCUT2D eigenvalue weighted by atomic mass is 10.2. The summed E-state index contributed by atoms with van der Waals surface area (Å²) in [6.45, 7) is -1.73. The second kappa shape index (κ2) is 5.81. The zero-order valence-electron chi connectivity index (χ0n) is 9.87. The van der Waals surface area contributed by atoms with Crippen LogP contribution in [0.3, 0.4) is 0 Å². The number of para-hydroxylation sites is 1. The van der Waals surface area contributed by atoms with Crippen molar-refractivity contribution < 1.29 is 23.0 Å². The number of nitrogen functional groups attached to an aromatic ring is 1. The van der Waals surface area contributed by atoms with Crippen LogP contribution >= 0.6 is 0 Å². The number of nitrogens with zero attached hydrogens (tertiary/aromatic N) is 1. The monoisotopic (exact) mass is 264 g/mol. The number of aliphatic hydroxyl groups excluding tert-OH is 1. The number of benzene rings is 1. The minimum Gasteiger partial charge on any atom is -0.495 e. The number of hydrogen-bond donors (Lipinski definition) is 2. The number of halogens is 3. The maximum absolute atomic E-state index is 12.4. The molecule has 0 saturated heterocycles. The quantitative estimate of drug-likeness (QED) is 0.794. The van der Waals surface area contributed by atoms with Gasteiger partial charge in [-0.1, -0.05) is 6.07 Å². The van der Waals surface area contributed by atoms with E-state index in [-0.39, 0.29) is 17.9 Å². The largest absolute Gasteiger partial charge is 0.495 e. The highest BCUT2D eigenvalue weighted by Crippen LogP contribution is 2.33. The minimum absolute atomic E-state index is 0.123. The van der Waals surface area contributed by atoms with Crippen molar-refractivity contribution in [1.82, 2.24) is 0 Å². The van der Waals surface area contributed by atoms with Crippen molar-refractivity contribution in [1.29, 1.82) is 0 Å². The fraction of sp³-hybridized carbons (Fsp3) is 0.455. The summed E-state index contributed by atoms with van der Waals surface area (Å²) in [4.78, 5) is 0.970. The number of methoxy groups -OCH3 is 1. The average Bonchev–Trinajstić information content (AvgIpc) is 2.27. The molecule has 1 aromatic carbocycles. The second-order valence-electron chi connectivity index (χ2n) is 3.65. The van der Waals surface area contributed by atoms with Crippen LogP contribution in [0.5, 0.6) is 5.75 Å². The minimum atomic E-state index is -4.37. The Morgan fingerprint density at radius 1 is 1.39 bits per heavy atom. The predicted molar refractivity (Wildman–Crippen MR) is 62.8 cm³/mol. The van der Waals surface area contributed by atoms with E-state index in [1.165, 1.54) is 13.2 Å². The Bertz CT molecular complexity index is 396. The topological polar surface area (TPSA) is 58.7 Å². The third-order valence-corrected chi connectivity index (χ3v) is 2.34. The summed E-state index contributed by atoms with van der Waals surface area (Å²) in [6, 6.07) is 4.56. The van der Waals surface area contributed by atoms with Gasteiger partial charge in [0, 0.05) is 6.54 Å². The first-order valence-electron chi connectivity index (χ1n) is 5.24. The molecule has 3 N–H and O–H groups in total. The zero-order chi connectivity index (χ0) is 13.8. The molecule has 0 bridgehead atoms. The van der Waals surface area contributed by atoms with Crippen molar-refractivity contribution in [2.45, 2.75) is 6.18 Å². The molecule has 0 aliphatic rings. The van der Waals surface area contributed by atoms with Crippen LogP contribution in [-0.4, -0.2) is 38.1 Å². The molecule has 0 amide bonds. The van der Waals surface area contributed by atoms with Crippen molar-refractivity contribution in [3.8, 4) is 5.75 Å². The first-order valence-corrected chi connectivity index (χ1v) is 5.24. The maximum atomic E-state index is 12.4. The van der Waals surface area contributed by atoms with Crippen LogP contribution in [0, 0.1) is 0 Å². The number of aliphatic hydroxyl groups is 1. The number of rotatable bonds is 5. The van der Waals surface area contributed by atoms with Gasteiger partial charge < -0.3 is 20.5 Å². The summed E-state index contributed by atoms with van der Waals surface area (Å²) >= 11 is 0. The summed E-state index contributed by atoms with van der Waals surface area (Å²) in [7, 11) is 1.38.